The SMILES string of the molecule is COC(=O)/C=C/NCC(O)C(F)(F)F. The molecule has 0 spiro atoms. The van der Waals surface area contributed by atoms with Crippen LogP contribution in [0.4, 0.5) is 13.2 Å². The Morgan fingerprint density at radius 2 is 2.21 bits per heavy atom. The highest BCUT2D eigenvalue weighted by atomic mass is 19.4. The lowest BCUT2D eigenvalue weighted by Crippen LogP contribution is -2.36. The van der Waals surface area contributed by atoms with E-state index in [1.165, 1.54) is 0 Å². The van der Waals surface area contributed by atoms with Crippen LogP contribution in [0.5, 0.6) is 0 Å². The number of ether oxygens (including phenoxy) is 1. The van der Waals surface area contributed by atoms with E-state index in [-0.39, 0.29) is 0 Å². The first-order valence-corrected chi connectivity index (χ1v) is 3.60. The molecule has 0 saturated carbocycles. The van der Waals surface area contributed by atoms with Crippen molar-refractivity contribution in [2.24, 2.45) is 0 Å². The Morgan fingerprint density at radius 1 is 1.64 bits per heavy atom. The number of rotatable bonds is 4. The Morgan fingerprint density at radius 3 is 2.64 bits per heavy atom. The Balaban J connectivity index is 3.75. The van der Waals surface area contributed by atoms with Crippen molar-refractivity contribution >= 4 is 5.97 Å². The fourth-order valence-electron chi connectivity index (χ4n) is 0.490. The molecule has 14 heavy (non-hydrogen) atoms. The average Bonchev–Trinajstić information content (AvgIpc) is 2.09. The number of esters is 1. The van der Waals surface area contributed by atoms with Crippen LogP contribution in [0.3, 0.4) is 0 Å². The number of halogens is 3. The molecule has 7 heteroatoms. The van der Waals surface area contributed by atoms with Crippen LogP contribution in [0.15, 0.2) is 12.3 Å². The van der Waals surface area contributed by atoms with Crippen molar-refractivity contribution in [3.8, 4) is 0 Å². The molecule has 0 rings (SSSR count). The summed E-state index contributed by atoms with van der Waals surface area (Å²) in [5.74, 6) is -0.695. The fourth-order valence-corrected chi connectivity index (χ4v) is 0.490. The molecule has 0 aromatic carbocycles. The highest BCUT2D eigenvalue weighted by Crippen LogP contribution is 2.18. The highest BCUT2D eigenvalue weighted by Gasteiger charge is 2.37. The van der Waals surface area contributed by atoms with Gasteiger partial charge in [-0.25, -0.2) is 4.79 Å². The molecule has 0 aliphatic heterocycles. The lowest BCUT2D eigenvalue weighted by atomic mass is 10.3. The van der Waals surface area contributed by atoms with Gasteiger partial charge in [-0.05, 0) is 0 Å². The van der Waals surface area contributed by atoms with E-state index in [0.717, 1.165) is 19.4 Å². The largest absolute Gasteiger partial charge is 0.466 e. The van der Waals surface area contributed by atoms with Gasteiger partial charge < -0.3 is 15.2 Å². The maximum Gasteiger partial charge on any atom is 0.416 e. The molecule has 0 bridgehead atoms. The van der Waals surface area contributed by atoms with E-state index in [1.54, 1.807) is 0 Å². The zero-order chi connectivity index (χ0) is 11.2. The molecule has 1 atom stereocenters. The predicted molar refractivity (Wildman–Crippen MR) is 41.2 cm³/mol. The Kier molecular flexibility index (Phi) is 5.00. The zero-order valence-electron chi connectivity index (χ0n) is 7.34. The maximum atomic E-state index is 11.7. The molecule has 0 aliphatic rings. The van der Waals surface area contributed by atoms with Crippen molar-refractivity contribution in [3.63, 3.8) is 0 Å². The number of carbonyl (C=O) groups excluding carboxylic acids is 1. The third kappa shape index (κ3) is 5.41. The van der Waals surface area contributed by atoms with Crippen LogP contribution < -0.4 is 5.32 Å². The first kappa shape index (κ1) is 12.8. The summed E-state index contributed by atoms with van der Waals surface area (Å²) in [4.78, 5) is 10.4. The van der Waals surface area contributed by atoms with Gasteiger partial charge in [-0.15, -0.1) is 0 Å². The van der Waals surface area contributed by atoms with E-state index < -0.39 is 24.8 Å². The van der Waals surface area contributed by atoms with Crippen LogP contribution in [-0.2, 0) is 9.53 Å². The van der Waals surface area contributed by atoms with Crippen LogP contribution in [0.25, 0.3) is 0 Å². The fraction of sp³-hybridized carbons (Fsp3) is 0.571. The molecule has 0 aromatic rings. The van der Waals surface area contributed by atoms with Crippen molar-refractivity contribution in [1.29, 1.82) is 0 Å². The summed E-state index contributed by atoms with van der Waals surface area (Å²) in [5.41, 5.74) is 0. The number of methoxy groups -OCH3 is 1. The minimum Gasteiger partial charge on any atom is -0.466 e. The molecule has 0 radical (unpaired) electrons. The number of aliphatic hydroxyl groups is 1. The molecule has 1 unspecified atom stereocenters. The number of nitrogens with one attached hydrogen (secondary N) is 1. The lowest BCUT2D eigenvalue weighted by Gasteiger charge is -2.13. The van der Waals surface area contributed by atoms with E-state index in [4.69, 9.17) is 5.11 Å². The Hall–Kier alpha value is -1.24. The molecule has 2 N–H and O–H groups in total. The second-order valence-corrected chi connectivity index (χ2v) is 2.32. The third-order valence-corrected chi connectivity index (χ3v) is 1.23. The van der Waals surface area contributed by atoms with Crippen LogP contribution in [0.1, 0.15) is 0 Å². The molecular formula is C7H10F3NO3. The summed E-state index contributed by atoms with van der Waals surface area (Å²) in [6, 6.07) is 0. The molecule has 82 valence electrons. The number of hydrogen-bond donors (Lipinski definition) is 2. The second-order valence-electron chi connectivity index (χ2n) is 2.32. The van der Waals surface area contributed by atoms with Gasteiger partial charge in [0.2, 0.25) is 0 Å². The van der Waals surface area contributed by atoms with Crippen LogP contribution >= 0.6 is 0 Å². The monoisotopic (exact) mass is 213 g/mol. The van der Waals surface area contributed by atoms with E-state index >= 15 is 0 Å². The Labute approximate surface area is 78.4 Å². The summed E-state index contributed by atoms with van der Waals surface area (Å²) in [6.07, 6.45) is -5.24. The molecule has 0 fully saturated rings. The molecule has 4 nitrogen and oxygen atoms in total. The molecule has 0 saturated heterocycles. The van der Waals surface area contributed by atoms with Gasteiger partial charge in [0.15, 0.2) is 6.10 Å². The standard InChI is InChI=1S/C7H10F3NO3/c1-14-6(13)2-3-11-4-5(12)7(8,9)10/h2-3,5,11-12H,4H2,1H3/b3-2+. The van der Waals surface area contributed by atoms with Crippen molar-refractivity contribution in [3.05, 3.63) is 12.3 Å². The van der Waals surface area contributed by atoms with Gasteiger partial charge in [-0.3, -0.25) is 0 Å². The lowest BCUT2D eigenvalue weighted by molar-refractivity contribution is -0.201. The van der Waals surface area contributed by atoms with Crippen molar-refractivity contribution < 1.29 is 27.8 Å². The third-order valence-electron chi connectivity index (χ3n) is 1.23. The second kappa shape index (κ2) is 5.48. The molecule has 0 amide bonds. The summed E-state index contributed by atoms with van der Waals surface area (Å²) in [6.45, 7) is -0.711. The molecule has 0 aliphatic carbocycles. The number of aliphatic hydroxyl groups excluding tert-OH is 1. The topological polar surface area (TPSA) is 58.6 Å². The van der Waals surface area contributed by atoms with Gasteiger partial charge in [0.05, 0.1) is 7.11 Å². The maximum absolute atomic E-state index is 11.7. The zero-order valence-corrected chi connectivity index (χ0v) is 7.34. The van der Waals surface area contributed by atoms with E-state index in [0.29, 0.717) is 0 Å². The van der Waals surface area contributed by atoms with Crippen molar-refractivity contribution in [2.75, 3.05) is 13.7 Å². The summed E-state index contributed by atoms with van der Waals surface area (Å²) < 4.78 is 39.3. The molecule has 0 aromatic heterocycles. The van der Waals surface area contributed by atoms with E-state index in [9.17, 15) is 18.0 Å². The quantitative estimate of drug-likeness (QED) is 0.517. The molecule has 0 heterocycles. The summed E-state index contributed by atoms with van der Waals surface area (Å²) in [5, 5.41) is 10.6. The predicted octanol–water partition coefficient (Wildman–Crippen LogP) is 0.186. The Bertz CT molecular complexity index is 215. The number of carbonyl (C=O) groups is 1. The van der Waals surface area contributed by atoms with E-state index in [2.05, 4.69) is 10.1 Å². The van der Waals surface area contributed by atoms with Crippen LogP contribution in [0, 0.1) is 0 Å². The summed E-state index contributed by atoms with van der Waals surface area (Å²) in [7, 11) is 1.14. The van der Waals surface area contributed by atoms with Crippen molar-refractivity contribution in [2.45, 2.75) is 12.3 Å². The van der Waals surface area contributed by atoms with Crippen LogP contribution in [-0.4, -0.2) is 37.0 Å². The van der Waals surface area contributed by atoms with Crippen LogP contribution in [0.2, 0.25) is 0 Å². The van der Waals surface area contributed by atoms with Gasteiger partial charge in [0, 0.05) is 18.8 Å². The summed E-state index contributed by atoms with van der Waals surface area (Å²) >= 11 is 0. The minimum atomic E-state index is -4.66. The first-order valence-electron chi connectivity index (χ1n) is 3.60. The normalized spacial score (nSPS) is 14.1. The van der Waals surface area contributed by atoms with Gasteiger partial charge in [0.1, 0.15) is 0 Å². The molecular weight excluding hydrogens is 203 g/mol. The van der Waals surface area contributed by atoms with Gasteiger partial charge in [-0.1, -0.05) is 0 Å². The van der Waals surface area contributed by atoms with Gasteiger partial charge in [-0.2, -0.15) is 13.2 Å². The van der Waals surface area contributed by atoms with Crippen molar-refractivity contribution in [1.82, 2.24) is 5.32 Å². The smallest absolute Gasteiger partial charge is 0.416 e. The van der Waals surface area contributed by atoms with Gasteiger partial charge >= 0.3 is 12.1 Å². The number of alkyl halides is 3. The number of hydrogen-bond acceptors (Lipinski definition) is 4. The highest BCUT2D eigenvalue weighted by molar-refractivity contribution is 5.81. The first-order chi connectivity index (χ1) is 6.38. The average molecular weight is 213 g/mol. The minimum absolute atomic E-state index is 0.695. The van der Waals surface area contributed by atoms with Gasteiger partial charge in [0.25, 0.3) is 0 Å². The van der Waals surface area contributed by atoms with E-state index in [1.807, 2.05) is 0 Å².